The van der Waals surface area contributed by atoms with Gasteiger partial charge < -0.3 is 4.74 Å². The fraction of sp³-hybridized carbons (Fsp3) is 0.125. The lowest BCUT2D eigenvalue weighted by molar-refractivity contribution is 0.0905. The van der Waals surface area contributed by atoms with Crippen molar-refractivity contribution < 1.29 is 14.3 Å². The van der Waals surface area contributed by atoms with Crippen molar-refractivity contribution in [3.05, 3.63) is 71.3 Å². The SMILES string of the molecule is Cc1cccc(C(=O)NNC(=O)OCc2ccccc2)c1. The number of hydrogen-bond donors (Lipinski definition) is 2. The molecule has 0 radical (unpaired) electrons. The molecule has 2 rings (SSSR count). The number of hydrogen-bond acceptors (Lipinski definition) is 3. The summed E-state index contributed by atoms with van der Waals surface area (Å²) in [4.78, 5) is 23.3. The van der Waals surface area contributed by atoms with E-state index in [0.29, 0.717) is 5.56 Å². The van der Waals surface area contributed by atoms with Crippen molar-refractivity contribution in [2.24, 2.45) is 0 Å². The first-order valence-electron chi connectivity index (χ1n) is 6.49. The molecule has 0 aromatic heterocycles. The van der Waals surface area contributed by atoms with Crippen LogP contribution in [-0.2, 0) is 11.3 Å². The zero-order valence-electron chi connectivity index (χ0n) is 11.6. The largest absolute Gasteiger partial charge is 0.443 e. The molecule has 0 bridgehead atoms. The van der Waals surface area contributed by atoms with Crippen LogP contribution in [0.5, 0.6) is 0 Å². The maximum atomic E-state index is 11.8. The van der Waals surface area contributed by atoms with Gasteiger partial charge in [0.2, 0.25) is 0 Å². The molecule has 5 heteroatoms. The van der Waals surface area contributed by atoms with Crippen molar-refractivity contribution in [1.29, 1.82) is 0 Å². The van der Waals surface area contributed by atoms with Crippen molar-refractivity contribution in [3.63, 3.8) is 0 Å². The van der Waals surface area contributed by atoms with Crippen molar-refractivity contribution in [2.45, 2.75) is 13.5 Å². The Kier molecular flexibility index (Phi) is 4.93. The van der Waals surface area contributed by atoms with Crippen LogP contribution in [0.2, 0.25) is 0 Å². The van der Waals surface area contributed by atoms with Gasteiger partial charge in [-0.05, 0) is 24.6 Å². The van der Waals surface area contributed by atoms with Gasteiger partial charge in [-0.3, -0.25) is 10.2 Å². The van der Waals surface area contributed by atoms with Crippen molar-refractivity contribution in [1.82, 2.24) is 10.9 Å². The van der Waals surface area contributed by atoms with E-state index in [2.05, 4.69) is 10.9 Å². The van der Waals surface area contributed by atoms with E-state index in [-0.39, 0.29) is 6.61 Å². The Labute approximate surface area is 122 Å². The van der Waals surface area contributed by atoms with Crippen LogP contribution in [0.15, 0.2) is 54.6 Å². The highest BCUT2D eigenvalue weighted by atomic mass is 16.6. The van der Waals surface area contributed by atoms with E-state index >= 15 is 0 Å². The molecule has 0 spiro atoms. The Morgan fingerprint density at radius 2 is 1.76 bits per heavy atom. The van der Waals surface area contributed by atoms with E-state index in [1.165, 1.54) is 0 Å². The summed E-state index contributed by atoms with van der Waals surface area (Å²) in [5.74, 6) is -0.393. The highest BCUT2D eigenvalue weighted by Gasteiger charge is 2.07. The van der Waals surface area contributed by atoms with Crippen molar-refractivity contribution >= 4 is 12.0 Å². The van der Waals surface area contributed by atoms with Gasteiger partial charge >= 0.3 is 6.09 Å². The maximum absolute atomic E-state index is 11.8. The molecule has 108 valence electrons. The smallest absolute Gasteiger partial charge is 0.426 e. The van der Waals surface area contributed by atoms with Crippen LogP contribution in [-0.4, -0.2) is 12.0 Å². The lowest BCUT2D eigenvalue weighted by atomic mass is 10.1. The number of hydrazine groups is 1. The van der Waals surface area contributed by atoms with Gasteiger partial charge in [0.1, 0.15) is 6.61 Å². The lowest BCUT2D eigenvalue weighted by Gasteiger charge is -2.08. The monoisotopic (exact) mass is 284 g/mol. The first kappa shape index (κ1) is 14.6. The number of rotatable bonds is 3. The van der Waals surface area contributed by atoms with Crippen LogP contribution < -0.4 is 10.9 Å². The number of carbonyl (C=O) groups excluding carboxylic acids is 2. The average molecular weight is 284 g/mol. The van der Waals surface area contributed by atoms with Crippen molar-refractivity contribution in [3.8, 4) is 0 Å². The minimum Gasteiger partial charge on any atom is -0.443 e. The molecule has 2 N–H and O–H groups in total. The Balaban J connectivity index is 1.77. The minimum atomic E-state index is -0.708. The molecule has 0 unspecified atom stereocenters. The molecule has 0 aliphatic carbocycles. The predicted molar refractivity (Wildman–Crippen MR) is 78.4 cm³/mol. The molecule has 2 aromatic rings. The molecule has 5 nitrogen and oxygen atoms in total. The zero-order chi connectivity index (χ0) is 15.1. The summed E-state index contributed by atoms with van der Waals surface area (Å²) < 4.78 is 4.97. The van der Waals surface area contributed by atoms with Crippen LogP contribution in [0.4, 0.5) is 4.79 Å². The Morgan fingerprint density at radius 1 is 1.00 bits per heavy atom. The molecule has 21 heavy (non-hydrogen) atoms. The number of carbonyl (C=O) groups is 2. The number of aryl methyl sites for hydroxylation is 1. The molecule has 2 aromatic carbocycles. The van der Waals surface area contributed by atoms with E-state index in [1.54, 1.807) is 18.2 Å². The quantitative estimate of drug-likeness (QED) is 0.851. The second-order valence-corrected chi connectivity index (χ2v) is 4.51. The molecule has 0 saturated heterocycles. The molecule has 0 aliphatic heterocycles. The normalized spacial score (nSPS) is 9.76. The molecular formula is C16H16N2O3. The second kappa shape index (κ2) is 7.09. The van der Waals surface area contributed by atoms with Crippen LogP contribution in [0.25, 0.3) is 0 Å². The molecular weight excluding hydrogens is 268 g/mol. The first-order valence-corrected chi connectivity index (χ1v) is 6.49. The van der Waals surface area contributed by atoms with Gasteiger partial charge in [0, 0.05) is 5.56 Å². The highest BCUT2D eigenvalue weighted by Crippen LogP contribution is 2.03. The third-order valence-electron chi connectivity index (χ3n) is 2.77. The van der Waals surface area contributed by atoms with Crippen LogP contribution in [0.3, 0.4) is 0 Å². The first-order chi connectivity index (χ1) is 10.1. The second-order valence-electron chi connectivity index (χ2n) is 4.51. The van der Waals surface area contributed by atoms with E-state index in [4.69, 9.17) is 4.74 Å². The maximum Gasteiger partial charge on any atom is 0.426 e. The Bertz CT molecular complexity index is 626. The predicted octanol–water partition coefficient (Wildman–Crippen LogP) is 2.57. The molecule has 0 fully saturated rings. The van der Waals surface area contributed by atoms with Gasteiger partial charge in [0.15, 0.2) is 0 Å². The standard InChI is InChI=1S/C16H16N2O3/c1-12-6-5-9-14(10-12)15(19)17-18-16(20)21-11-13-7-3-2-4-8-13/h2-10H,11H2,1H3,(H,17,19)(H,18,20). The molecule has 0 heterocycles. The fourth-order valence-corrected chi connectivity index (χ4v) is 1.73. The number of amides is 2. The van der Waals surface area contributed by atoms with E-state index in [1.807, 2.05) is 43.3 Å². The molecule has 0 aliphatic rings. The lowest BCUT2D eigenvalue weighted by Crippen LogP contribution is -2.41. The highest BCUT2D eigenvalue weighted by molar-refractivity contribution is 5.95. The topological polar surface area (TPSA) is 67.4 Å². The number of nitrogens with one attached hydrogen (secondary N) is 2. The summed E-state index contributed by atoms with van der Waals surface area (Å²) in [5, 5.41) is 0. The molecule has 2 amide bonds. The zero-order valence-corrected chi connectivity index (χ0v) is 11.6. The van der Waals surface area contributed by atoms with Gasteiger partial charge in [0.25, 0.3) is 5.91 Å². The van der Waals surface area contributed by atoms with Crippen molar-refractivity contribution in [2.75, 3.05) is 0 Å². The third-order valence-corrected chi connectivity index (χ3v) is 2.77. The van der Waals surface area contributed by atoms with Gasteiger partial charge in [-0.25, -0.2) is 10.2 Å². The minimum absolute atomic E-state index is 0.146. The third kappa shape index (κ3) is 4.65. The summed E-state index contributed by atoms with van der Waals surface area (Å²) >= 11 is 0. The van der Waals surface area contributed by atoms with E-state index in [0.717, 1.165) is 11.1 Å². The van der Waals surface area contributed by atoms with E-state index < -0.39 is 12.0 Å². The van der Waals surface area contributed by atoms with Gasteiger partial charge in [-0.2, -0.15) is 0 Å². The van der Waals surface area contributed by atoms with Crippen LogP contribution in [0.1, 0.15) is 21.5 Å². The Hall–Kier alpha value is -2.82. The van der Waals surface area contributed by atoms with Gasteiger partial charge in [0.05, 0.1) is 0 Å². The summed E-state index contributed by atoms with van der Waals surface area (Å²) in [5.41, 5.74) is 6.82. The van der Waals surface area contributed by atoms with E-state index in [9.17, 15) is 9.59 Å². The fourth-order valence-electron chi connectivity index (χ4n) is 1.73. The van der Waals surface area contributed by atoms with Crippen LogP contribution in [0, 0.1) is 6.92 Å². The average Bonchev–Trinajstić information content (AvgIpc) is 2.51. The molecule has 0 atom stereocenters. The summed E-state index contributed by atoms with van der Waals surface area (Å²) in [6.45, 7) is 2.03. The summed E-state index contributed by atoms with van der Waals surface area (Å²) in [6.07, 6.45) is -0.708. The Morgan fingerprint density at radius 3 is 2.48 bits per heavy atom. The number of benzene rings is 2. The number of ether oxygens (including phenoxy) is 1. The summed E-state index contributed by atoms with van der Waals surface area (Å²) in [6, 6.07) is 16.3. The van der Waals surface area contributed by atoms with Gasteiger partial charge in [-0.15, -0.1) is 0 Å². The molecule has 0 saturated carbocycles. The van der Waals surface area contributed by atoms with Crippen LogP contribution >= 0.6 is 0 Å². The summed E-state index contributed by atoms with van der Waals surface area (Å²) in [7, 11) is 0. The van der Waals surface area contributed by atoms with Gasteiger partial charge in [-0.1, -0.05) is 48.0 Å².